The summed E-state index contributed by atoms with van der Waals surface area (Å²) < 4.78 is 5.30. The molecule has 1 aliphatic heterocycles. The number of hydrogen-bond donors (Lipinski definition) is 1. The first kappa shape index (κ1) is 17.2. The topological polar surface area (TPSA) is 58.6 Å². The Labute approximate surface area is 147 Å². The number of morpholine rings is 1. The molecule has 2 aromatic carbocycles. The second-order valence-electron chi connectivity index (χ2n) is 6.22. The summed E-state index contributed by atoms with van der Waals surface area (Å²) in [5.41, 5.74) is 3.66. The maximum Gasteiger partial charge on any atom is 0.256 e. The van der Waals surface area contributed by atoms with Gasteiger partial charge in [0, 0.05) is 18.7 Å². The van der Waals surface area contributed by atoms with Gasteiger partial charge in [0.15, 0.2) is 0 Å². The first-order valence-electron chi connectivity index (χ1n) is 8.41. The number of amides is 2. The van der Waals surface area contributed by atoms with E-state index in [4.69, 9.17) is 4.74 Å². The third-order valence-electron chi connectivity index (χ3n) is 4.33. The molecule has 0 aromatic heterocycles. The van der Waals surface area contributed by atoms with Crippen LogP contribution in [0.15, 0.2) is 42.5 Å². The molecule has 0 saturated carbocycles. The van der Waals surface area contributed by atoms with Crippen molar-refractivity contribution in [2.24, 2.45) is 0 Å². The van der Waals surface area contributed by atoms with Gasteiger partial charge in [0.25, 0.3) is 11.8 Å². The number of nitrogens with zero attached hydrogens (tertiary/aromatic N) is 1. The largest absolute Gasteiger partial charge is 0.378 e. The number of ether oxygens (including phenoxy) is 1. The summed E-state index contributed by atoms with van der Waals surface area (Å²) in [6, 6.07) is 12.8. The third-order valence-corrected chi connectivity index (χ3v) is 4.33. The zero-order valence-corrected chi connectivity index (χ0v) is 14.5. The fourth-order valence-electron chi connectivity index (χ4n) is 2.97. The highest BCUT2D eigenvalue weighted by molar-refractivity contribution is 6.09. The van der Waals surface area contributed by atoms with E-state index in [1.54, 1.807) is 23.1 Å². The van der Waals surface area contributed by atoms with Gasteiger partial charge >= 0.3 is 0 Å². The second-order valence-corrected chi connectivity index (χ2v) is 6.22. The Morgan fingerprint density at radius 1 is 1.00 bits per heavy atom. The van der Waals surface area contributed by atoms with Crippen molar-refractivity contribution in [3.05, 3.63) is 64.7 Å². The Morgan fingerprint density at radius 2 is 1.72 bits per heavy atom. The standard InChI is InChI=1S/C20H22N2O3/c1-14-7-8-16(15(2)13-14)19(23)21-18-6-4-3-5-17(18)20(24)22-9-11-25-12-10-22/h3-8,13H,9-12H2,1-2H3,(H,21,23). The maximum atomic E-state index is 12.8. The van der Waals surface area contributed by atoms with Gasteiger partial charge < -0.3 is 15.0 Å². The van der Waals surface area contributed by atoms with Gasteiger partial charge in [-0.25, -0.2) is 0 Å². The monoisotopic (exact) mass is 338 g/mol. The minimum atomic E-state index is -0.209. The van der Waals surface area contributed by atoms with Crippen LogP contribution in [0, 0.1) is 13.8 Å². The van der Waals surface area contributed by atoms with Crippen molar-refractivity contribution >= 4 is 17.5 Å². The second kappa shape index (κ2) is 7.49. The van der Waals surface area contributed by atoms with Gasteiger partial charge in [-0.1, -0.05) is 29.8 Å². The Morgan fingerprint density at radius 3 is 2.44 bits per heavy atom. The van der Waals surface area contributed by atoms with Gasteiger partial charge in [-0.2, -0.15) is 0 Å². The van der Waals surface area contributed by atoms with Crippen LogP contribution in [0.25, 0.3) is 0 Å². The molecule has 25 heavy (non-hydrogen) atoms. The number of nitrogens with one attached hydrogen (secondary N) is 1. The van der Waals surface area contributed by atoms with Crippen molar-refractivity contribution in [1.82, 2.24) is 4.90 Å². The minimum Gasteiger partial charge on any atom is -0.378 e. The van der Waals surface area contributed by atoms with E-state index in [9.17, 15) is 9.59 Å². The first-order chi connectivity index (χ1) is 12.1. The van der Waals surface area contributed by atoms with Gasteiger partial charge in [-0.3, -0.25) is 9.59 Å². The van der Waals surface area contributed by atoms with Crippen LogP contribution in [0.4, 0.5) is 5.69 Å². The lowest BCUT2D eigenvalue weighted by Gasteiger charge is -2.27. The quantitative estimate of drug-likeness (QED) is 0.936. The van der Waals surface area contributed by atoms with E-state index in [1.807, 2.05) is 38.1 Å². The average Bonchev–Trinajstić information content (AvgIpc) is 2.62. The van der Waals surface area contributed by atoms with Crippen molar-refractivity contribution in [2.45, 2.75) is 13.8 Å². The smallest absolute Gasteiger partial charge is 0.256 e. The van der Waals surface area contributed by atoms with Crippen LogP contribution >= 0.6 is 0 Å². The summed E-state index contributed by atoms with van der Waals surface area (Å²) >= 11 is 0. The van der Waals surface area contributed by atoms with Crippen LogP contribution in [0.2, 0.25) is 0 Å². The van der Waals surface area contributed by atoms with Crippen molar-refractivity contribution in [2.75, 3.05) is 31.6 Å². The summed E-state index contributed by atoms with van der Waals surface area (Å²) in [6.07, 6.45) is 0. The molecule has 0 unspecified atom stereocenters. The Balaban J connectivity index is 1.83. The molecule has 5 heteroatoms. The molecule has 130 valence electrons. The molecule has 5 nitrogen and oxygen atoms in total. The molecule has 3 rings (SSSR count). The van der Waals surface area contributed by atoms with Gasteiger partial charge in [0.1, 0.15) is 0 Å². The number of aryl methyl sites for hydroxylation is 2. The zero-order valence-electron chi connectivity index (χ0n) is 14.5. The van der Waals surface area contributed by atoms with E-state index in [0.717, 1.165) is 11.1 Å². The molecule has 1 aliphatic rings. The third kappa shape index (κ3) is 3.88. The van der Waals surface area contributed by atoms with Crippen LogP contribution in [0.3, 0.4) is 0 Å². The molecule has 0 aliphatic carbocycles. The average molecular weight is 338 g/mol. The molecule has 0 radical (unpaired) electrons. The molecular weight excluding hydrogens is 316 g/mol. The number of hydrogen-bond acceptors (Lipinski definition) is 3. The van der Waals surface area contributed by atoms with Crippen LogP contribution in [0.1, 0.15) is 31.8 Å². The first-order valence-corrected chi connectivity index (χ1v) is 8.41. The van der Waals surface area contributed by atoms with Gasteiger partial charge in [-0.05, 0) is 37.6 Å². The Bertz CT molecular complexity index is 795. The van der Waals surface area contributed by atoms with E-state index in [1.165, 1.54) is 0 Å². The van der Waals surface area contributed by atoms with E-state index in [0.29, 0.717) is 43.1 Å². The summed E-state index contributed by atoms with van der Waals surface area (Å²) in [7, 11) is 0. The molecule has 0 atom stereocenters. The van der Waals surface area contributed by atoms with Crippen LogP contribution in [-0.4, -0.2) is 43.0 Å². The minimum absolute atomic E-state index is 0.0835. The van der Waals surface area contributed by atoms with Crippen molar-refractivity contribution in [3.63, 3.8) is 0 Å². The molecule has 0 spiro atoms. The molecule has 1 saturated heterocycles. The van der Waals surface area contributed by atoms with Crippen molar-refractivity contribution in [1.29, 1.82) is 0 Å². The van der Waals surface area contributed by atoms with Crippen LogP contribution < -0.4 is 5.32 Å². The normalized spacial score (nSPS) is 14.2. The number of carbonyl (C=O) groups excluding carboxylic acids is 2. The van der Waals surface area contributed by atoms with Crippen molar-refractivity contribution < 1.29 is 14.3 Å². The summed E-state index contributed by atoms with van der Waals surface area (Å²) in [4.78, 5) is 27.2. The summed E-state index contributed by atoms with van der Waals surface area (Å²) in [6.45, 7) is 6.12. The van der Waals surface area contributed by atoms with Gasteiger partial charge in [-0.15, -0.1) is 0 Å². The molecule has 2 aromatic rings. The van der Waals surface area contributed by atoms with Crippen molar-refractivity contribution in [3.8, 4) is 0 Å². The Hall–Kier alpha value is -2.66. The highest BCUT2D eigenvalue weighted by Gasteiger charge is 2.22. The molecule has 1 fully saturated rings. The maximum absolute atomic E-state index is 12.8. The molecular formula is C20H22N2O3. The van der Waals surface area contributed by atoms with Crippen LogP contribution in [0.5, 0.6) is 0 Å². The number of para-hydroxylation sites is 1. The predicted molar refractivity (Wildman–Crippen MR) is 97.0 cm³/mol. The summed E-state index contributed by atoms with van der Waals surface area (Å²) in [5.74, 6) is -0.292. The fourth-order valence-corrected chi connectivity index (χ4v) is 2.97. The molecule has 0 bridgehead atoms. The number of anilines is 1. The predicted octanol–water partition coefficient (Wildman–Crippen LogP) is 3.03. The lowest BCUT2D eigenvalue weighted by molar-refractivity contribution is 0.0303. The SMILES string of the molecule is Cc1ccc(C(=O)Nc2ccccc2C(=O)N2CCOCC2)c(C)c1. The fraction of sp³-hybridized carbons (Fsp3) is 0.300. The van der Waals surface area contributed by atoms with E-state index < -0.39 is 0 Å². The highest BCUT2D eigenvalue weighted by Crippen LogP contribution is 2.20. The van der Waals surface area contributed by atoms with Gasteiger partial charge in [0.2, 0.25) is 0 Å². The number of rotatable bonds is 3. The van der Waals surface area contributed by atoms with Gasteiger partial charge in [0.05, 0.1) is 24.5 Å². The van der Waals surface area contributed by atoms with E-state index in [-0.39, 0.29) is 11.8 Å². The number of benzene rings is 2. The highest BCUT2D eigenvalue weighted by atomic mass is 16.5. The summed E-state index contributed by atoms with van der Waals surface area (Å²) in [5, 5.41) is 2.89. The van der Waals surface area contributed by atoms with E-state index in [2.05, 4.69) is 5.32 Å². The van der Waals surface area contributed by atoms with Crippen LogP contribution in [-0.2, 0) is 4.74 Å². The zero-order chi connectivity index (χ0) is 17.8. The molecule has 1 N–H and O–H groups in total. The lowest BCUT2D eigenvalue weighted by Crippen LogP contribution is -2.41. The van der Waals surface area contributed by atoms with E-state index >= 15 is 0 Å². The lowest BCUT2D eigenvalue weighted by atomic mass is 10.0. The molecule has 1 heterocycles. The number of carbonyl (C=O) groups is 2. The molecule has 2 amide bonds. The Kier molecular flexibility index (Phi) is 5.14.